The highest BCUT2D eigenvalue weighted by molar-refractivity contribution is 6.39. The van der Waals surface area contributed by atoms with Crippen molar-refractivity contribution in [3.8, 4) is 0 Å². The van der Waals surface area contributed by atoms with Crippen LogP contribution in [0, 0.1) is 20.8 Å². The van der Waals surface area contributed by atoms with Crippen LogP contribution in [0.2, 0.25) is 0 Å². The van der Waals surface area contributed by atoms with E-state index < -0.39 is 17.8 Å². The van der Waals surface area contributed by atoms with E-state index in [9.17, 15) is 14.4 Å². The lowest BCUT2D eigenvalue weighted by molar-refractivity contribution is -0.122. The Morgan fingerprint density at radius 1 is 1.03 bits per heavy atom. The summed E-state index contributed by atoms with van der Waals surface area (Å²) < 4.78 is 2.31. The topological polar surface area (TPSA) is 71.4 Å². The van der Waals surface area contributed by atoms with E-state index in [1.54, 1.807) is 24.3 Å². The molecule has 0 unspecified atom stereocenters. The van der Waals surface area contributed by atoms with E-state index in [1.807, 2.05) is 26.0 Å². The number of hydrogen-bond acceptors (Lipinski definition) is 3. The van der Waals surface area contributed by atoms with Gasteiger partial charge in [-0.3, -0.25) is 14.9 Å². The largest absolute Gasteiger partial charge is 0.346 e. The zero-order chi connectivity index (χ0) is 20.7. The fraction of sp³-hybridized carbons (Fsp3) is 0.348. The van der Waals surface area contributed by atoms with Gasteiger partial charge in [0.25, 0.3) is 11.8 Å². The van der Waals surface area contributed by atoms with Crippen LogP contribution in [0.15, 0.2) is 35.9 Å². The van der Waals surface area contributed by atoms with E-state index in [0.717, 1.165) is 40.3 Å². The van der Waals surface area contributed by atoms with Gasteiger partial charge in [0.1, 0.15) is 5.57 Å². The third-order valence-electron chi connectivity index (χ3n) is 5.87. The zero-order valence-electron chi connectivity index (χ0n) is 17.0. The van der Waals surface area contributed by atoms with Crippen LogP contribution in [0.5, 0.6) is 0 Å². The van der Waals surface area contributed by atoms with Crippen LogP contribution >= 0.6 is 0 Å². The summed E-state index contributed by atoms with van der Waals surface area (Å²) in [6.07, 6.45) is 6.38. The minimum Gasteiger partial charge on any atom is -0.346 e. The Morgan fingerprint density at radius 3 is 2.45 bits per heavy atom. The molecule has 29 heavy (non-hydrogen) atoms. The van der Waals surface area contributed by atoms with Crippen molar-refractivity contribution in [1.29, 1.82) is 0 Å². The number of nitrogens with one attached hydrogen (secondary N) is 1. The van der Waals surface area contributed by atoms with Gasteiger partial charge in [-0.15, -0.1) is 0 Å². The molecule has 1 saturated heterocycles. The molecule has 2 aliphatic rings. The molecule has 1 aromatic carbocycles. The summed E-state index contributed by atoms with van der Waals surface area (Å²) in [6.45, 7) is 5.96. The normalized spacial score (nSPS) is 19.3. The number of anilines is 1. The summed E-state index contributed by atoms with van der Waals surface area (Å²) in [5.74, 6) is -1.26. The molecule has 1 aliphatic heterocycles. The highest BCUT2D eigenvalue weighted by Gasteiger charge is 2.37. The second-order valence-corrected chi connectivity index (χ2v) is 7.93. The molecule has 1 aromatic heterocycles. The van der Waals surface area contributed by atoms with Gasteiger partial charge in [0.2, 0.25) is 0 Å². The number of carbonyl (C=O) groups is 3. The molecule has 0 bridgehead atoms. The van der Waals surface area contributed by atoms with E-state index in [0.29, 0.717) is 11.7 Å². The van der Waals surface area contributed by atoms with Crippen molar-refractivity contribution in [2.45, 2.75) is 52.5 Å². The van der Waals surface area contributed by atoms with Gasteiger partial charge < -0.3 is 4.57 Å². The molecule has 2 fully saturated rings. The first kappa shape index (κ1) is 19.2. The third kappa shape index (κ3) is 3.39. The number of urea groups is 1. The maximum atomic E-state index is 13.1. The Bertz CT molecular complexity index is 1040. The highest BCUT2D eigenvalue weighted by atomic mass is 16.2. The van der Waals surface area contributed by atoms with Crippen molar-refractivity contribution in [3.63, 3.8) is 0 Å². The maximum absolute atomic E-state index is 13.1. The molecule has 0 radical (unpaired) electrons. The van der Waals surface area contributed by atoms with Gasteiger partial charge >= 0.3 is 6.03 Å². The predicted molar refractivity (Wildman–Crippen MR) is 112 cm³/mol. The Morgan fingerprint density at radius 2 is 1.76 bits per heavy atom. The maximum Gasteiger partial charge on any atom is 0.335 e. The summed E-state index contributed by atoms with van der Waals surface area (Å²) in [5, 5.41) is 2.30. The zero-order valence-corrected chi connectivity index (χ0v) is 17.0. The molecule has 150 valence electrons. The molecule has 1 N–H and O–H groups in total. The fourth-order valence-electron chi connectivity index (χ4n) is 4.49. The molecule has 0 spiro atoms. The lowest BCUT2D eigenvalue weighted by Gasteiger charge is -2.26. The van der Waals surface area contributed by atoms with E-state index in [1.165, 1.54) is 12.8 Å². The first-order chi connectivity index (χ1) is 13.9. The number of nitrogens with zero attached hydrogens (tertiary/aromatic N) is 2. The van der Waals surface area contributed by atoms with Crippen LogP contribution in [0.3, 0.4) is 0 Å². The molecular weight excluding hydrogens is 366 g/mol. The minimum absolute atomic E-state index is 0.0298. The summed E-state index contributed by atoms with van der Waals surface area (Å²) >= 11 is 0. The second kappa shape index (κ2) is 7.35. The van der Waals surface area contributed by atoms with Crippen molar-refractivity contribution in [3.05, 3.63) is 58.4 Å². The van der Waals surface area contributed by atoms with Crippen LogP contribution in [-0.2, 0) is 9.59 Å². The lowest BCUT2D eigenvalue weighted by atomic mass is 10.1. The third-order valence-corrected chi connectivity index (χ3v) is 5.87. The van der Waals surface area contributed by atoms with E-state index >= 15 is 0 Å². The van der Waals surface area contributed by atoms with Gasteiger partial charge in [-0.05, 0) is 69.0 Å². The average molecular weight is 391 g/mol. The molecule has 6 nitrogen and oxygen atoms in total. The Hall–Kier alpha value is -3.15. The Kier molecular flexibility index (Phi) is 4.86. The van der Waals surface area contributed by atoms with Crippen LogP contribution in [0.1, 0.15) is 54.2 Å². The minimum atomic E-state index is -0.723. The van der Waals surface area contributed by atoms with Gasteiger partial charge in [-0.1, -0.05) is 25.0 Å². The first-order valence-electron chi connectivity index (χ1n) is 10.0. The van der Waals surface area contributed by atoms with E-state index in [2.05, 4.69) is 16.8 Å². The van der Waals surface area contributed by atoms with Crippen molar-refractivity contribution in [1.82, 2.24) is 9.88 Å². The van der Waals surface area contributed by atoms with Crippen LogP contribution in [0.25, 0.3) is 6.08 Å². The number of aryl methyl sites for hydroxylation is 2. The highest BCUT2D eigenvalue weighted by Crippen LogP contribution is 2.34. The van der Waals surface area contributed by atoms with Crippen molar-refractivity contribution in [2.75, 3.05) is 4.90 Å². The Balaban J connectivity index is 1.73. The molecule has 2 heterocycles. The molecule has 2 aromatic rings. The number of barbiturate groups is 1. The van der Waals surface area contributed by atoms with Gasteiger partial charge in [0.15, 0.2) is 0 Å². The van der Waals surface area contributed by atoms with Gasteiger partial charge in [-0.2, -0.15) is 0 Å². The number of carbonyl (C=O) groups excluding carboxylic acids is 3. The fourth-order valence-corrected chi connectivity index (χ4v) is 4.49. The Labute approximate surface area is 170 Å². The number of hydrogen-bond donors (Lipinski definition) is 1. The SMILES string of the molecule is Cc1cccc(N2C(=O)NC(=O)/C(=C\c3cc(C)n(C4CCCC4)c3C)C2=O)c1. The van der Waals surface area contributed by atoms with Crippen LogP contribution in [0.4, 0.5) is 10.5 Å². The van der Waals surface area contributed by atoms with Gasteiger partial charge in [0.05, 0.1) is 5.69 Å². The number of imide groups is 2. The monoisotopic (exact) mass is 391 g/mol. The van der Waals surface area contributed by atoms with Crippen molar-refractivity contribution in [2.24, 2.45) is 0 Å². The number of rotatable bonds is 3. The number of benzene rings is 1. The van der Waals surface area contributed by atoms with E-state index in [4.69, 9.17) is 0 Å². The van der Waals surface area contributed by atoms with Gasteiger partial charge in [-0.25, -0.2) is 9.69 Å². The summed E-state index contributed by atoms with van der Waals surface area (Å²) in [5.41, 5.74) is 4.34. The number of amides is 4. The van der Waals surface area contributed by atoms with Crippen molar-refractivity contribution < 1.29 is 14.4 Å². The van der Waals surface area contributed by atoms with Crippen LogP contribution < -0.4 is 10.2 Å². The molecule has 0 atom stereocenters. The smallest absolute Gasteiger partial charge is 0.335 e. The summed E-state index contributed by atoms with van der Waals surface area (Å²) in [6, 6.07) is 8.85. The predicted octanol–water partition coefficient (Wildman–Crippen LogP) is 4.19. The molecular formula is C23H25N3O3. The van der Waals surface area contributed by atoms with E-state index in [-0.39, 0.29) is 5.57 Å². The second-order valence-electron chi connectivity index (χ2n) is 7.93. The quantitative estimate of drug-likeness (QED) is 0.630. The lowest BCUT2D eigenvalue weighted by Crippen LogP contribution is -2.54. The van der Waals surface area contributed by atoms with Crippen LogP contribution in [-0.4, -0.2) is 22.4 Å². The summed E-state index contributed by atoms with van der Waals surface area (Å²) in [7, 11) is 0. The van der Waals surface area contributed by atoms with Crippen molar-refractivity contribution >= 4 is 29.6 Å². The summed E-state index contributed by atoms with van der Waals surface area (Å²) in [4.78, 5) is 38.9. The van der Waals surface area contributed by atoms with Gasteiger partial charge in [0, 0.05) is 17.4 Å². The molecule has 4 rings (SSSR count). The first-order valence-corrected chi connectivity index (χ1v) is 10.0. The molecule has 6 heteroatoms. The molecule has 1 aliphatic carbocycles. The molecule has 1 saturated carbocycles. The molecule has 4 amide bonds. The average Bonchev–Trinajstić information content (AvgIpc) is 3.26. The standard InChI is InChI=1S/C23H25N3O3/c1-14-7-6-10-19(11-14)26-22(28)20(21(27)24-23(26)29)13-17-12-15(2)25(16(17)3)18-8-4-5-9-18/h6-7,10-13,18H,4-5,8-9H2,1-3H3,(H,24,27,29)/b20-13+. The number of aromatic nitrogens is 1.